The first-order valence-corrected chi connectivity index (χ1v) is 7.00. The third-order valence-corrected chi connectivity index (χ3v) is 4.85. The second kappa shape index (κ2) is 5.49. The van der Waals surface area contributed by atoms with Gasteiger partial charge in [0, 0.05) is 0 Å². The highest BCUT2D eigenvalue weighted by Crippen LogP contribution is 2.18. The minimum Gasteiger partial charge on any atom is -0.480 e. The van der Waals surface area contributed by atoms with Gasteiger partial charge in [0.25, 0.3) is 0 Å². The quantitative estimate of drug-likeness (QED) is 0.847. The molecule has 1 aromatic carbocycles. The van der Waals surface area contributed by atoms with E-state index in [9.17, 15) is 13.2 Å². The summed E-state index contributed by atoms with van der Waals surface area (Å²) in [4.78, 5) is 10.9. The lowest BCUT2D eigenvalue weighted by Gasteiger charge is -2.19. The molecule has 1 aromatic rings. The van der Waals surface area contributed by atoms with Crippen LogP contribution in [0.5, 0.6) is 0 Å². The lowest BCUT2D eigenvalue weighted by Crippen LogP contribution is -2.42. The van der Waals surface area contributed by atoms with Crippen LogP contribution in [0.15, 0.2) is 30.3 Å². The van der Waals surface area contributed by atoms with Crippen molar-refractivity contribution < 1.29 is 23.1 Å². The summed E-state index contributed by atoms with van der Waals surface area (Å²) in [5, 5.41) is 8.86. The molecule has 0 amide bonds. The average Bonchev–Trinajstić information content (AvgIpc) is 2.29. The molecule has 1 N–H and O–H groups in total. The van der Waals surface area contributed by atoms with E-state index in [4.69, 9.17) is 9.84 Å². The molecular weight excluding hydrogens is 256 g/mol. The van der Waals surface area contributed by atoms with Crippen molar-refractivity contribution in [3.8, 4) is 0 Å². The van der Waals surface area contributed by atoms with Crippen LogP contribution in [0.3, 0.4) is 0 Å². The maximum absolute atomic E-state index is 11.8. The predicted octanol–water partition coefficient (Wildman–Crippen LogP) is 1.44. The summed E-state index contributed by atoms with van der Waals surface area (Å²) in [6, 6.07) is 9.07. The Bertz CT molecular complexity index is 505. The number of carbonyl (C=O) groups is 1. The van der Waals surface area contributed by atoms with E-state index in [0.717, 1.165) is 19.4 Å². The first-order chi connectivity index (χ1) is 8.27. The molecule has 0 atom stereocenters. The number of rotatable bonds is 6. The summed E-state index contributed by atoms with van der Waals surface area (Å²) in [7, 11) is -3.85. The number of carboxylic acids is 1. The zero-order chi connectivity index (χ0) is 13.8. The maximum Gasteiger partial charge on any atom is 0.324 e. The van der Waals surface area contributed by atoms with Crippen LogP contribution >= 0.6 is 0 Å². The number of benzene rings is 1. The Morgan fingerprint density at radius 2 is 1.83 bits per heavy atom. The Morgan fingerprint density at radius 1 is 1.28 bits per heavy atom. The van der Waals surface area contributed by atoms with Gasteiger partial charge in [0.05, 0.1) is 6.61 Å². The van der Waals surface area contributed by atoms with Crippen LogP contribution < -0.4 is 0 Å². The monoisotopic (exact) mass is 272 g/mol. The SMILES string of the molecule is CC(C)(C(=O)O)S(=O)(=O)COCc1ccccc1. The maximum atomic E-state index is 11.8. The van der Waals surface area contributed by atoms with Crippen LogP contribution in [0.1, 0.15) is 19.4 Å². The van der Waals surface area contributed by atoms with E-state index in [2.05, 4.69) is 0 Å². The predicted molar refractivity (Wildman–Crippen MR) is 66.7 cm³/mol. The van der Waals surface area contributed by atoms with Crippen molar-refractivity contribution in [2.75, 3.05) is 5.94 Å². The molecule has 18 heavy (non-hydrogen) atoms. The summed E-state index contributed by atoms with van der Waals surface area (Å²) in [6.45, 7) is 2.43. The lowest BCUT2D eigenvalue weighted by molar-refractivity contribution is -0.139. The molecule has 0 aliphatic rings. The summed E-state index contributed by atoms with van der Waals surface area (Å²) in [5.74, 6) is -1.99. The third-order valence-electron chi connectivity index (χ3n) is 2.64. The standard InChI is InChI=1S/C12H16O5S/c1-12(2,11(13)14)18(15,16)9-17-8-10-6-4-3-5-7-10/h3-7H,8-9H2,1-2H3,(H,13,14). The molecule has 0 aliphatic heterocycles. The molecule has 0 saturated heterocycles. The molecule has 0 heterocycles. The van der Waals surface area contributed by atoms with E-state index in [0.29, 0.717) is 0 Å². The van der Waals surface area contributed by atoms with Crippen molar-refractivity contribution >= 4 is 15.8 Å². The molecule has 0 fully saturated rings. The van der Waals surface area contributed by atoms with Crippen LogP contribution in [0.2, 0.25) is 0 Å². The van der Waals surface area contributed by atoms with Crippen molar-refractivity contribution in [1.29, 1.82) is 0 Å². The number of aliphatic carboxylic acids is 1. The van der Waals surface area contributed by atoms with Crippen molar-refractivity contribution in [2.24, 2.45) is 0 Å². The van der Waals surface area contributed by atoms with Gasteiger partial charge in [-0.1, -0.05) is 30.3 Å². The van der Waals surface area contributed by atoms with Gasteiger partial charge in [0.1, 0.15) is 5.94 Å². The molecule has 0 spiro atoms. The number of hydrogen-bond donors (Lipinski definition) is 1. The van der Waals surface area contributed by atoms with Gasteiger partial charge >= 0.3 is 5.97 Å². The smallest absolute Gasteiger partial charge is 0.324 e. The van der Waals surface area contributed by atoms with Gasteiger partial charge in [-0.25, -0.2) is 8.42 Å². The van der Waals surface area contributed by atoms with Crippen molar-refractivity contribution in [3.63, 3.8) is 0 Å². The van der Waals surface area contributed by atoms with Gasteiger partial charge in [-0.05, 0) is 19.4 Å². The fraction of sp³-hybridized carbons (Fsp3) is 0.417. The van der Waals surface area contributed by atoms with Crippen LogP contribution in [0.25, 0.3) is 0 Å². The third kappa shape index (κ3) is 3.30. The molecule has 100 valence electrons. The summed E-state index contributed by atoms with van der Waals surface area (Å²) in [6.07, 6.45) is 0. The Hall–Kier alpha value is -1.40. The van der Waals surface area contributed by atoms with E-state index in [1.165, 1.54) is 0 Å². The second-order valence-corrected chi connectivity index (χ2v) is 6.87. The number of hydrogen-bond acceptors (Lipinski definition) is 4. The van der Waals surface area contributed by atoms with Crippen LogP contribution in [-0.2, 0) is 26.0 Å². The van der Waals surface area contributed by atoms with Crippen molar-refractivity contribution in [3.05, 3.63) is 35.9 Å². The van der Waals surface area contributed by atoms with Crippen molar-refractivity contribution in [1.82, 2.24) is 0 Å². The Kier molecular flexibility index (Phi) is 4.48. The summed E-state index contributed by atoms with van der Waals surface area (Å²) >= 11 is 0. The lowest BCUT2D eigenvalue weighted by atomic mass is 10.2. The van der Waals surface area contributed by atoms with Gasteiger partial charge in [-0.2, -0.15) is 0 Å². The van der Waals surface area contributed by atoms with Gasteiger partial charge in [-0.3, -0.25) is 4.79 Å². The highest BCUT2D eigenvalue weighted by molar-refractivity contribution is 7.93. The first-order valence-electron chi connectivity index (χ1n) is 5.35. The largest absolute Gasteiger partial charge is 0.480 e. The van der Waals surface area contributed by atoms with Gasteiger partial charge in [0.2, 0.25) is 0 Å². The summed E-state index contributed by atoms with van der Waals surface area (Å²) in [5.41, 5.74) is 0.834. The average molecular weight is 272 g/mol. The molecule has 0 unspecified atom stereocenters. The highest BCUT2D eigenvalue weighted by atomic mass is 32.2. The van der Waals surface area contributed by atoms with Gasteiger partial charge < -0.3 is 9.84 Å². The molecule has 0 saturated carbocycles. The van der Waals surface area contributed by atoms with Crippen LogP contribution in [-0.4, -0.2) is 30.2 Å². The Morgan fingerprint density at radius 3 is 2.33 bits per heavy atom. The highest BCUT2D eigenvalue weighted by Gasteiger charge is 2.41. The van der Waals surface area contributed by atoms with Gasteiger partial charge in [0.15, 0.2) is 14.6 Å². The van der Waals surface area contributed by atoms with E-state index >= 15 is 0 Å². The topological polar surface area (TPSA) is 80.7 Å². The normalized spacial score (nSPS) is 12.3. The minimum absolute atomic E-state index is 0.135. The molecule has 0 aliphatic carbocycles. The van der Waals surface area contributed by atoms with E-state index in [1.54, 1.807) is 12.1 Å². The number of carboxylic acid groups (broad SMARTS) is 1. The fourth-order valence-corrected chi connectivity index (χ4v) is 1.99. The first kappa shape index (κ1) is 14.7. The number of sulfone groups is 1. The zero-order valence-corrected chi connectivity index (χ0v) is 11.1. The second-order valence-electron chi connectivity index (χ2n) is 4.38. The molecule has 1 rings (SSSR count). The molecule has 0 radical (unpaired) electrons. The Balaban J connectivity index is 2.61. The minimum atomic E-state index is -3.85. The molecular formula is C12H16O5S. The molecule has 0 aromatic heterocycles. The molecule has 6 heteroatoms. The van der Waals surface area contributed by atoms with Crippen LogP contribution in [0.4, 0.5) is 0 Å². The summed E-state index contributed by atoms with van der Waals surface area (Å²) < 4.78 is 26.8. The fourth-order valence-electron chi connectivity index (χ4n) is 1.12. The van der Waals surface area contributed by atoms with Gasteiger partial charge in [-0.15, -0.1) is 0 Å². The molecule has 5 nitrogen and oxygen atoms in total. The van der Waals surface area contributed by atoms with E-state index in [-0.39, 0.29) is 6.61 Å². The molecule has 0 bridgehead atoms. The number of ether oxygens (including phenoxy) is 1. The van der Waals surface area contributed by atoms with E-state index in [1.807, 2.05) is 18.2 Å². The Labute approximate surface area is 106 Å². The van der Waals surface area contributed by atoms with E-state index < -0.39 is 26.5 Å². The van der Waals surface area contributed by atoms with Crippen LogP contribution in [0, 0.1) is 0 Å². The zero-order valence-electron chi connectivity index (χ0n) is 10.3. The van der Waals surface area contributed by atoms with Crippen molar-refractivity contribution in [2.45, 2.75) is 25.2 Å².